The number of carbonyl (C=O) groups is 2. The highest BCUT2D eigenvalue weighted by Crippen LogP contribution is 2.66. The lowest BCUT2D eigenvalue weighted by Crippen LogP contribution is -2.55. The van der Waals surface area contributed by atoms with Crippen LogP contribution in [0.4, 0.5) is 0 Å². The first-order chi connectivity index (χ1) is 11.3. The van der Waals surface area contributed by atoms with Crippen LogP contribution in [0.2, 0.25) is 0 Å². The number of rotatable bonds is 1. The van der Waals surface area contributed by atoms with Crippen LogP contribution in [0.5, 0.6) is 0 Å². The Morgan fingerprint density at radius 3 is 2.62 bits per heavy atom. The molecule has 1 N–H and O–H groups in total. The first kappa shape index (κ1) is 16.4. The number of fused-ring (bicyclic) bond motifs is 5. The number of piperidine rings is 1. The number of ketones is 1. The average molecular weight is 329 g/mol. The molecule has 3 aliphatic carbocycles. The van der Waals surface area contributed by atoms with E-state index in [0.29, 0.717) is 35.9 Å². The number of amides is 1. The molecule has 7 unspecified atom stereocenters. The zero-order valence-corrected chi connectivity index (χ0v) is 15.5. The van der Waals surface area contributed by atoms with Gasteiger partial charge >= 0.3 is 0 Å². The van der Waals surface area contributed by atoms with Gasteiger partial charge in [-0.1, -0.05) is 26.8 Å². The SMILES string of the molecule is CC(=O)C1CCC2C3C(C)C=C4NC(=O)CCC4(C)C3CCC12C. The van der Waals surface area contributed by atoms with Crippen molar-refractivity contribution < 1.29 is 9.59 Å². The Balaban J connectivity index is 1.73. The monoisotopic (exact) mass is 329 g/mol. The molecule has 7 atom stereocenters. The summed E-state index contributed by atoms with van der Waals surface area (Å²) in [4.78, 5) is 24.1. The van der Waals surface area contributed by atoms with Crippen LogP contribution in [-0.2, 0) is 9.59 Å². The molecule has 3 heteroatoms. The van der Waals surface area contributed by atoms with Gasteiger partial charge in [0.15, 0.2) is 0 Å². The van der Waals surface area contributed by atoms with Gasteiger partial charge in [-0.2, -0.15) is 0 Å². The smallest absolute Gasteiger partial charge is 0.224 e. The van der Waals surface area contributed by atoms with Gasteiger partial charge in [-0.15, -0.1) is 0 Å². The van der Waals surface area contributed by atoms with Gasteiger partial charge < -0.3 is 5.32 Å². The third-order valence-electron chi connectivity index (χ3n) is 8.44. The van der Waals surface area contributed by atoms with Crippen LogP contribution in [0.3, 0.4) is 0 Å². The minimum atomic E-state index is 0.126. The van der Waals surface area contributed by atoms with Crippen LogP contribution >= 0.6 is 0 Å². The van der Waals surface area contributed by atoms with E-state index in [2.05, 4.69) is 32.2 Å². The third-order valence-corrected chi connectivity index (χ3v) is 8.44. The summed E-state index contributed by atoms with van der Waals surface area (Å²) in [5, 5.41) is 3.19. The molecular formula is C21H31NO2. The van der Waals surface area contributed by atoms with Gasteiger partial charge in [0, 0.05) is 23.5 Å². The van der Waals surface area contributed by atoms with Gasteiger partial charge in [0.1, 0.15) is 5.78 Å². The number of nitrogens with one attached hydrogen (secondary N) is 1. The molecule has 1 saturated heterocycles. The van der Waals surface area contributed by atoms with E-state index in [1.165, 1.54) is 25.0 Å². The van der Waals surface area contributed by atoms with Gasteiger partial charge in [-0.05, 0) is 68.1 Å². The Bertz CT molecular complexity index is 623. The van der Waals surface area contributed by atoms with E-state index >= 15 is 0 Å². The predicted molar refractivity (Wildman–Crippen MR) is 93.9 cm³/mol. The first-order valence-corrected chi connectivity index (χ1v) is 9.80. The molecular weight excluding hydrogens is 298 g/mol. The fraction of sp³-hybridized carbons (Fsp3) is 0.810. The van der Waals surface area contributed by atoms with Crippen LogP contribution in [0.25, 0.3) is 0 Å². The van der Waals surface area contributed by atoms with Crippen LogP contribution in [0.1, 0.15) is 66.2 Å². The average Bonchev–Trinajstić information content (AvgIpc) is 2.86. The normalized spacial score (nSPS) is 50.2. The molecule has 0 bridgehead atoms. The molecule has 24 heavy (non-hydrogen) atoms. The van der Waals surface area contributed by atoms with E-state index in [1.54, 1.807) is 6.92 Å². The summed E-state index contributed by atoms with van der Waals surface area (Å²) in [5.74, 6) is 3.31. The lowest BCUT2D eigenvalue weighted by atomic mass is 9.47. The maximum absolute atomic E-state index is 12.2. The lowest BCUT2D eigenvalue weighted by Gasteiger charge is -2.58. The molecule has 1 heterocycles. The summed E-state index contributed by atoms with van der Waals surface area (Å²) >= 11 is 0. The number of Topliss-reactive ketones (excluding diaryl/α,β-unsaturated/α-hetero) is 1. The highest BCUT2D eigenvalue weighted by Gasteiger charge is 2.60. The largest absolute Gasteiger partial charge is 0.330 e. The molecule has 3 fully saturated rings. The molecule has 1 amide bonds. The molecule has 4 aliphatic rings. The van der Waals surface area contributed by atoms with Crippen molar-refractivity contribution in [1.82, 2.24) is 5.32 Å². The maximum atomic E-state index is 12.2. The van der Waals surface area contributed by atoms with Crippen molar-refractivity contribution >= 4 is 11.7 Å². The summed E-state index contributed by atoms with van der Waals surface area (Å²) in [6.07, 6.45) is 8.66. The molecule has 1 aliphatic heterocycles. The second-order valence-corrected chi connectivity index (χ2v) is 9.48. The zero-order valence-electron chi connectivity index (χ0n) is 15.5. The fourth-order valence-electron chi connectivity index (χ4n) is 7.19. The Labute approximate surface area is 145 Å². The summed E-state index contributed by atoms with van der Waals surface area (Å²) in [6.45, 7) is 8.90. The molecule has 2 saturated carbocycles. The van der Waals surface area contributed by atoms with E-state index in [9.17, 15) is 9.59 Å². The molecule has 0 spiro atoms. The molecule has 0 radical (unpaired) electrons. The predicted octanol–water partition coefficient (Wildman–Crippen LogP) is 4.08. The van der Waals surface area contributed by atoms with E-state index in [-0.39, 0.29) is 22.7 Å². The quantitative estimate of drug-likeness (QED) is 0.788. The van der Waals surface area contributed by atoms with Gasteiger partial charge in [0.05, 0.1) is 0 Å². The summed E-state index contributed by atoms with van der Waals surface area (Å²) in [5.41, 5.74) is 1.51. The van der Waals surface area contributed by atoms with Crippen molar-refractivity contribution in [3.05, 3.63) is 11.8 Å². The van der Waals surface area contributed by atoms with Gasteiger partial charge in [-0.25, -0.2) is 0 Å². The molecule has 0 aromatic carbocycles. The molecule has 0 aromatic rings. The van der Waals surface area contributed by atoms with Crippen molar-refractivity contribution in [2.24, 2.45) is 40.4 Å². The van der Waals surface area contributed by atoms with E-state index in [0.717, 1.165) is 12.8 Å². The Hall–Kier alpha value is -1.12. The summed E-state index contributed by atoms with van der Waals surface area (Å²) in [7, 11) is 0. The van der Waals surface area contributed by atoms with Crippen LogP contribution in [0.15, 0.2) is 11.8 Å². The molecule has 0 aromatic heterocycles. The first-order valence-electron chi connectivity index (χ1n) is 9.80. The van der Waals surface area contributed by atoms with E-state index in [4.69, 9.17) is 0 Å². The van der Waals surface area contributed by atoms with Crippen molar-refractivity contribution in [1.29, 1.82) is 0 Å². The third kappa shape index (κ3) is 2.02. The van der Waals surface area contributed by atoms with Crippen molar-refractivity contribution in [3.8, 4) is 0 Å². The van der Waals surface area contributed by atoms with Gasteiger partial charge in [0.2, 0.25) is 5.91 Å². The minimum absolute atomic E-state index is 0.126. The maximum Gasteiger partial charge on any atom is 0.224 e. The second kappa shape index (κ2) is 5.19. The van der Waals surface area contributed by atoms with Crippen molar-refractivity contribution in [3.63, 3.8) is 0 Å². The fourth-order valence-corrected chi connectivity index (χ4v) is 7.19. The Morgan fingerprint density at radius 1 is 1.17 bits per heavy atom. The zero-order chi connectivity index (χ0) is 17.3. The van der Waals surface area contributed by atoms with Crippen LogP contribution in [-0.4, -0.2) is 11.7 Å². The van der Waals surface area contributed by atoms with Crippen LogP contribution in [0, 0.1) is 40.4 Å². The number of hydrogen-bond acceptors (Lipinski definition) is 2. The standard InChI is InChI=1S/C21H31NO2/c1-12-11-17-21(4,10-8-18(24)22-17)16-7-9-20(3)14(13(2)23)5-6-15(20)19(12)16/h11-12,14-16,19H,5-10H2,1-4H3,(H,22,24). The molecule has 4 rings (SSSR count). The Morgan fingerprint density at radius 2 is 1.92 bits per heavy atom. The van der Waals surface area contributed by atoms with Gasteiger partial charge in [0.25, 0.3) is 0 Å². The minimum Gasteiger partial charge on any atom is -0.330 e. The van der Waals surface area contributed by atoms with E-state index in [1.807, 2.05) is 0 Å². The highest BCUT2D eigenvalue weighted by molar-refractivity contribution is 5.80. The van der Waals surface area contributed by atoms with Crippen molar-refractivity contribution in [2.75, 3.05) is 0 Å². The van der Waals surface area contributed by atoms with Gasteiger partial charge in [-0.3, -0.25) is 9.59 Å². The van der Waals surface area contributed by atoms with Crippen LogP contribution < -0.4 is 5.32 Å². The highest BCUT2D eigenvalue weighted by atomic mass is 16.1. The second-order valence-electron chi connectivity index (χ2n) is 9.48. The topological polar surface area (TPSA) is 46.2 Å². The van der Waals surface area contributed by atoms with Crippen molar-refractivity contribution in [2.45, 2.75) is 66.2 Å². The number of carbonyl (C=O) groups excluding carboxylic acids is 2. The Kier molecular flexibility index (Phi) is 3.54. The molecule has 3 nitrogen and oxygen atoms in total. The number of hydrogen-bond donors (Lipinski definition) is 1. The summed E-state index contributed by atoms with van der Waals surface area (Å²) < 4.78 is 0. The lowest BCUT2D eigenvalue weighted by molar-refractivity contribution is -0.131. The molecule has 132 valence electrons. The summed E-state index contributed by atoms with van der Waals surface area (Å²) in [6, 6.07) is 0. The number of allylic oxidation sites excluding steroid dienone is 2. The van der Waals surface area contributed by atoms with E-state index < -0.39 is 0 Å².